The molecule has 1 saturated heterocycles. The first kappa shape index (κ1) is 15.8. The van der Waals surface area contributed by atoms with Gasteiger partial charge < -0.3 is 5.11 Å². The molecule has 0 amide bonds. The quantitative estimate of drug-likeness (QED) is 0.782. The van der Waals surface area contributed by atoms with Crippen molar-refractivity contribution in [2.45, 2.75) is 45.4 Å². The van der Waals surface area contributed by atoms with Crippen molar-refractivity contribution >= 4 is 18.2 Å². The van der Waals surface area contributed by atoms with E-state index < -0.39 is 6.80 Å². The van der Waals surface area contributed by atoms with E-state index >= 15 is 0 Å². The summed E-state index contributed by atoms with van der Waals surface area (Å²) in [6.45, 7) is -0.104. The Morgan fingerprint density at radius 3 is 2.42 bits per heavy atom. The lowest BCUT2D eigenvalue weighted by atomic mass is 9.70. The first-order valence-electron chi connectivity index (χ1n) is 7.29. The van der Waals surface area contributed by atoms with Gasteiger partial charge in [0.1, 0.15) is 0 Å². The first-order valence-corrected chi connectivity index (χ1v) is 10.4. The highest BCUT2D eigenvalue weighted by atomic mass is 32.7. The molecule has 0 aromatic carbocycles. The van der Waals surface area contributed by atoms with Gasteiger partial charge in [-0.3, -0.25) is 9.05 Å². The van der Waals surface area contributed by atoms with Crippen LogP contribution in [-0.2, 0) is 13.6 Å². The highest BCUT2D eigenvalue weighted by Gasteiger charge is 2.47. The number of hydrogen-bond donors (Lipinski definition) is 1. The standard InChI is InChI=1S/C13H25O4PS/c1-2-8-19-18(15)16-10-13(9-14,11-17-18)12-6-4-3-5-7-12/h12,14H,2-11H2,1H3. The van der Waals surface area contributed by atoms with E-state index in [-0.39, 0.29) is 12.0 Å². The lowest BCUT2D eigenvalue weighted by molar-refractivity contribution is -0.0640. The minimum Gasteiger partial charge on any atom is -0.396 e. The highest BCUT2D eigenvalue weighted by Crippen LogP contribution is 2.65. The Labute approximate surface area is 119 Å². The smallest absolute Gasteiger partial charge is 0.389 e. The van der Waals surface area contributed by atoms with Crippen LogP contribution in [0.3, 0.4) is 0 Å². The zero-order chi connectivity index (χ0) is 13.8. The van der Waals surface area contributed by atoms with Crippen molar-refractivity contribution in [2.24, 2.45) is 11.3 Å². The van der Waals surface area contributed by atoms with Gasteiger partial charge in [0.25, 0.3) is 0 Å². The molecule has 0 atom stereocenters. The molecule has 0 spiro atoms. The average molecular weight is 308 g/mol. The van der Waals surface area contributed by atoms with E-state index in [0.29, 0.717) is 19.1 Å². The second-order valence-electron chi connectivity index (χ2n) is 5.68. The topological polar surface area (TPSA) is 55.8 Å². The van der Waals surface area contributed by atoms with E-state index in [1.807, 2.05) is 6.92 Å². The van der Waals surface area contributed by atoms with Gasteiger partial charge in [0.2, 0.25) is 0 Å². The van der Waals surface area contributed by atoms with E-state index in [1.54, 1.807) is 0 Å². The molecule has 19 heavy (non-hydrogen) atoms. The molecular formula is C13H25O4PS. The van der Waals surface area contributed by atoms with Gasteiger partial charge in [-0.1, -0.05) is 26.2 Å². The molecule has 0 radical (unpaired) electrons. The maximum Gasteiger partial charge on any atom is 0.389 e. The molecule has 4 nitrogen and oxygen atoms in total. The zero-order valence-corrected chi connectivity index (χ0v) is 13.4. The van der Waals surface area contributed by atoms with E-state index in [1.165, 1.54) is 30.6 Å². The van der Waals surface area contributed by atoms with E-state index in [9.17, 15) is 9.67 Å². The van der Waals surface area contributed by atoms with E-state index in [4.69, 9.17) is 9.05 Å². The number of rotatable bonds is 5. The molecule has 0 bridgehead atoms. The molecule has 2 fully saturated rings. The second-order valence-corrected chi connectivity index (χ2v) is 9.88. The number of hydrogen-bond acceptors (Lipinski definition) is 5. The van der Waals surface area contributed by atoms with Crippen molar-refractivity contribution in [3.05, 3.63) is 0 Å². The normalized spacial score (nSPS) is 37.4. The van der Waals surface area contributed by atoms with Crippen molar-refractivity contribution in [1.82, 2.24) is 0 Å². The lowest BCUT2D eigenvalue weighted by Gasteiger charge is -2.44. The Balaban J connectivity index is 1.96. The summed E-state index contributed by atoms with van der Waals surface area (Å²) in [4.78, 5) is 0. The molecule has 1 saturated carbocycles. The third-order valence-corrected chi connectivity index (χ3v) is 8.19. The first-order chi connectivity index (χ1) is 9.14. The lowest BCUT2D eigenvalue weighted by Crippen LogP contribution is -2.45. The molecule has 0 aromatic heterocycles. The predicted molar refractivity (Wildman–Crippen MR) is 78.4 cm³/mol. The SMILES string of the molecule is CCCSP1(=O)OCC(CO)(C2CCCCC2)CO1. The zero-order valence-electron chi connectivity index (χ0n) is 11.7. The van der Waals surface area contributed by atoms with Crippen LogP contribution in [0.4, 0.5) is 0 Å². The maximum atomic E-state index is 12.3. The van der Waals surface area contributed by atoms with Gasteiger partial charge >= 0.3 is 6.80 Å². The van der Waals surface area contributed by atoms with Crippen molar-refractivity contribution in [3.8, 4) is 0 Å². The Morgan fingerprint density at radius 1 is 1.26 bits per heavy atom. The van der Waals surface area contributed by atoms with Crippen LogP contribution in [0.5, 0.6) is 0 Å². The fraction of sp³-hybridized carbons (Fsp3) is 1.00. The molecule has 1 N–H and O–H groups in total. The minimum atomic E-state index is -2.97. The molecule has 112 valence electrons. The molecule has 2 aliphatic rings. The maximum absolute atomic E-state index is 12.3. The average Bonchev–Trinajstić information content (AvgIpc) is 2.47. The molecule has 2 rings (SSSR count). The second kappa shape index (κ2) is 6.95. The van der Waals surface area contributed by atoms with Gasteiger partial charge in [-0.25, -0.2) is 4.57 Å². The number of aliphatic hydroxyl groups is 1. The summed E-state index contributed by atoms with van der Waals surface area (Å²) in [7, 11) is 0. The summed E-state index contributed by atoms with van der Waals surface area (Å²) in [5.41, 5.74) is -0.332. The fourth-order valence-corrected chi connectivity index (χ4v) is 6.39. The molecule has 0 unspecified atom stereocenters. The summed E-state index contributed by atoms with van der Waals surface area (Å²) in [5, 5.41) is 9.78. The minimum absolute atomic E-state index is 0.0656. The van der Waals surface area contributed by atoms with Crippen molar-refractivity contribution < 1.29 is 18.7 Å². The summed E-state index contributed by atoms with van der Waals surface area (Å²) >= 11 is 1.29. The summed E-state index contributed by atoms with van der Waals surface area (Å²) in [6, 6.07) is 0. The van der Waals surface area contributed by atoms with E-state index in [2.05, 4.69) is 0 Å². The van der Waals surface area contributed by atoms with Crippen molar-refractivity contribution in [2.75, 3.05) is 25.6 Å². The Hall–Kier alpha value is 0.460. The molecule has 1 aliphatic heterocycles. The molecule has 0 aromatic rings. The van der Waals surface area contributed by atoms with Crippen LogP contribution in [0.1, 0.15) is 45.4 Å². The van der Waals surface area contributed by atoms with Crippen LogP contribution in [0.25, 0.3) is 0 Å². The van der Waals surface area contributed by atoms with Crippen molar-refractivity contribution in [1.29, 1.82) is 0 Å². The third-order valence-electron chi connectivity index (χ3n) is 4.26. The molecule has 1 heterocycles. The van der Waals surface area contributed by atoms with Gasteiger partial charge in [-0.15, -0.1) is 0 Å². The summed E-state index contributed by atoms with van der Waals surface area (Å²) < 4.78 is 23.4. The van der Waals surface area contributed by atoms with Crippen LogP contribution in [-0.4, -0.2) is 30.7 Å². The van der Waals surface area contributed by atoms with Crippen LogP contribution in [0.2, 0.25) is 0 Å². The summed E-state index contributed by atoms with van der Waals surface area (Å²) in [5.74, 6) is 1.23. The molecule has 6 heteroatoms. The Kier molecular flexibility index (Phi) is 5.79. The number of aliphatic hydroxyl groups excluding tert-OH is 1. The van der Waals surface area contributed by atoms with Crippen molar-refractivity contribution in [3.63, 3.8) is 0 Å². The highest BCUT2D eigenvalue weighted by molar-refractivity contribution is 8.55. The van der Waals surface area contributed by atoms with Gasteiger partial charge in [-0.05, 0) is 36.6 Å². The van der Waals surface area contributed by atoms with Crippen LogP contribution in [0, 0.1) is 11.3 Å². The van der Waals surface area contributed by atoms with Gasteiger partial charge in [-0.2, -0.15) is 0 Å². The van der Waals surface area contributed by atoms with E-state index in [0.717, 1.165) is 25.0 Å². The Morgan fingerprint density at radius 2 is 1.89 bits per heavy atom. The largest absolute Gasteiger partial charge is 0.396 e. The molecule has 1 aliphatic carbocycles. The molecular weight excluding hydrogens is 283 g/mol. The Bertz CT molecular complexity index is 319. The monoisotopic (exact) mass is 308 g/mol. The fourth-order valence-electron chi connectivity index (χ4n) is 2.94. The van der Waals surface area contributed by atoms with Gasteiger partial charge in [0.05, 0.1) is 19.8 Å². The van der Waals surface area contributed by atoms with Crippen LogP contribution >= 0.6 is 18.2 Å². The van der Waals surface area contributed by atoms with Crippen LogP contribution in [0.15, 0.2) is 0 Å². The third kappa shape index (κ3) is 3.76. The van der Waals surface area contributed by atoms with Gasteiger partial charge in [0.15, 0.2) is 0 Å². The van der Waals surface area contributed by atoms with Crippen LogP contribution < -0.4 is 0 Å². The predicted octanol–water partition coefficient (Wildman–Crippen LogP) is 3.84. The summed E-state index contributed by atoms with van der Waals surface area (Å²) in [6.07, 6.45) is 6.92. The van der Waals surface area contributed by atoms with Gasteiger partial charge in [0, 0.05) is 11.2 Å².